The first-order valence-electron chi connectivity index (χ1n) is 10.4. The van der Waals surface area contributed by atoms with Crippen molar-refractivity contribution in [1.29, 1.82) is 0 Å². The average molecular weight is 600 g/mol. The van der Waals surface area contributed by atoms with Gasteiger partial charge < -0.3 is 15.4 Å². The van der Waals surface area contributed by atoms with Gasteiger partial charge in [-0.1, -0.05) is 44.0 Å². The number of methoxy groups -OCH3 is 1. The Labute approximate surface area is 217 Å². The van der Waals surface area contributed by atoms with Crippen molar-refractivity contribution < 1.29 is 19.1 Å². The third-order valence-corrected chi connectivity index (χ3v) is 6.15. The van der Waals surface area contributed by atoms with Gasteiger partial charge in [0.05, 0.1) is 12.6 Å². The number of rotatable bonds is 6. The summed E-state index contributed by atoms with van der Waals surface area (Å²) in [4.78, 5) is 38.3. The first kappa shape index (κ1) is 24.5. The number of carbonyl (C=O) groups excluding carboxylic acids is 3. The molecule has 4 aromatic rings. The maximum atomic E-state index is 13.1. The lowest BCUT2D eigenvalue weighted by Crippen LogP contribution is -2.39. The minimum atomic E-state index is -0.906. The Morgan fingerprint density at radius 1 is 0.857 bits per heavy atom. The molecule has 0 radical (unpaired) electrons. The molecule has 0 saturated heterocycles. The second kappa shape index (κ2) is 10.7. The molecule has 0 aliphatic heterocycles. The Kier molecular flexibility index (Phi) is 7.52. The monoisotopic (exact) mass is 598 g/mol. The minimum Gasteiger partial charge on any atom is -0.497 e. The summed E-state index contributed by atoms with van der Waals surface area (Å²) >= 11 is 6.78. The highest BCUT2D eigenvalue weighted by atomic mass is 79.9. The zero-order chi connectivity index (χ0) is 24.9. The largest absolute Gasteiger partial charge is 0.497 e. The topological polar surface area (TPSA) is 101 Å². The zero-order valence-corrected chi connectivity index (χ0v) is 21.6. The van der Waals surface area contributed by atoms with Gasteiger partial charge in [0, 0.05) is 26.6 Å². The van der Waals surface area contributed by atoms with Crippen LogP contribution in [0.2, 0.25) is 0 Å². The van der Waals surface area contributed by atoms with E-state index in [4.69, 9.17) is 4.74 Å². The fourth-order valence-electron chi connectivity index (χ4n) is 3.36. The van der Waals surface area contributed by atoms with Gasteiger partial charge in [-0.3, -0.25) is 19.8 Å². The molecule has 10 heteroatoms. The van der Waals surface area contributed by atoms with Crippen molar-refractivity contribution in [3.63, 3.8) is 0 Å². The van der Waals surface area contributed by atoms with Crippen molar-refractivity contribution in [2.45, 2.75) is 6.54 Å². The molecule has 4 rings (SSSR count). The van der Waals surface area contributed by atoms with Gasteiger partial charge >= 0.3 is 11.8 Å². The number of amides is 3. The Morgan fingerprint density at radius 3 is 2.23 bits per heavy atom. The van der Waals surface area contributed by atoms with Gasteiger partial charge in [-0.15, -0.1) is 0 Å². The molecule has 0 aliphatic rings. The molecule has 1 aromatic heterocycles. The molecule has 0 aliphatic carbocycles. The molecule has 0 bridgehead atoms. The van der Waals surface area contributed by atoms with E-state index in [2.05, 4.69) is 47.9 Å². The molecule has 3 aromatic carbocycles. The quantitative estimate of drug-likeness (QED) is 0.277. The highest BCUT2D eigenvalue weighted by Crippen LogP contribution is 2.24. The minimum absolute atomic E-state index is 0.159. The highest BCUT2D eigenvalue weighted by molar-refractivity contribution is 9.10. The number of carbonyl (C=O) groups is 3. The number of nitrogens with zero attached hydrogens (tertiary/aromatic N) is 1. The summed E-state index contributed by atoms with van der Waals surface area (Å²) in [6, 6.07) is 21.2. The van der Waals surface area contributed by atoms with E-state index in [9.17, 15) is 14.4 Å². The Balaban J connectivity index is 1.53. The molecular formula is C25H20Br2N4O4. The lowest BCUT2D eigenvalue weighted by atomic mass is 10.2. The summed E-state index contributed by atoms with van der Waals surface area (Å²) in [6.45, 7) is 0.159. The SMILES string of the molecule is COc1ccc(CNC(=O)C(=O)Nn2c(C(=O)Nc3ccc(Br)cc3)cc3cc(Br)ccc32)cc1. The summed E-state index contributed by atoms with van der Waals surface area (Å²) in [5.41, 5.74) is 4.66. The summed E-state index contributed by atoms with van der Waals surface area (Å²) in [6.07, 6.45) is 0. The number of benzene rings is 3. The van der Waals surface area contributed by atoms with E-state index in [0.717, 1.165) is 14.5 Å². The molecule has 35 heavy (non-hydrogen) atoms. The zero-order valence-electron chi connectivity index (χ0n) is 18.5. The van der Waals surface area contributed by atoms with Crippen LogP contribution in [0, 0.1) is 0 Å². The lowest BCUT2D eigenvalue weighted by molar-refractivity contribution is -0.136. The van der Waals surface area contributed by atoms with Crippen molar-refractivity contribution in [1.82, 2.24) is 9.99 Å². The average Bonchev–Trinajstić information content (AvgIpc) is 3.21. The molecule has 178 valence electrons. The van der Waals surface area contributed by atoms with Crippen LogP contribution in [-0.2, 0) is 16.1 Å². The molecule has 1 heterocycles. The van der Waals surface area contributed by atoms with Gasteiger partial charge in [-0.05, 0) is 66.2 Å². The predicted octanol–water partition coefficient (Wildman–Crippen LogP) is 4.81. The second-order valence-corrected chi connectivity index (χ2v) is 9.33. The fraction of sp³-hybridized carbons (Fsp3) is 0.0800. The van der Waals surface area contributed by atoms with Crippen molar-refractivity contribution in [2.24, 2.45) is 0 Å². The molecule has 3 N–H and O–H groups in total. The van der Waals surface area contributed by atoms with Crippen LogP contribution in [0.1, 0.15) is 16.1 Å². The van der Waals surface area contributed by atoms with Crippen molar-refractivity contribution >= 4 is 66.2 Å². The Hall–Kier alpha value is -3.63. The molecule has 0 fully saturated rings. The summed E-state index contributed by atoms with van der Waals surface area (Å²) in [5.74, 6) is -1.49. The third kappa shape index (κ3) is 5.90. The van der Waals surface area contributed by atoms with Crippen LogP contribution in [0.3, 0.4) is 0 Å². The van der Waals surface area contributed by atoms with Crippen LogP contribution in [0.25, 0.3) is 10.9 Å². The number of hydrogen-bond acceptors (Lipinski definition) is 4. The molecular weight excluding hydrogens is 580 g/mol. The molecule has 0 atom stereocenters. The number of aromatic nitrogens is 1. The van der Waals surface area contributed by atoms with E-state index in [1.165, 1.54) is 4.68 Å². The smallest absolute Gasteiger partial charge is 0.328 e. The van der Waals surface area contributed by atoms with Gasteiger partial charge in [0.2, 0.25) is 0 Å². The maximum absolute atomic E-state index is 13.1. The van der Waals surface area contributed by atoms with Crippen molar-refractivity contribution in [3.8, 4) is 5.75 Å². The summed E-state index contributed by atoms with van der Waals surface area (Å²) in [5, 5.41) is 6.10. The number of fused-ring (bicyclic) bond motifs is 1. The van der Waals surface area contributed by atoms with Crippen molar-refractivity contribution in [2.75, 3.05) is 17.9 Å². The van der Waals surface area contributed by atoms with Gasteiger partial charge in [-0.2, -0.15) is 0 Å². The van der Waals surface area contributed by atoms with Crippen LogP contribution >= 0.6 is 31.9 Å². The molecule has 8 nitrogen and oxygen atoms in total. The maximum Gasteiger partial charge on any atom is 0.328 e. The van der Waals surface area contributed by atoms with Gasteiger partial charge in [-0.25, -0.2) is 4.68 Å². The number of nitrogens with one attached hydrogen (secondary N) is 3. The Morgan fingerprint density at radius 2 is 1.54 bits per heavy atom. The number of anilines is 1. The normalized spacial score (nSPS) is 10.6. The lowest BCUT2D eigenvalue weighted by Gasteiger charge is -2.13. The van der Waals surface area contributed by atoms with E-state index in [1.54, 1.807) is 73.8 Å². The molecule has 3 amide bonds. The Bertz CT molecular complexity index is 1400. The van der Waals surface area contributed by atoms with Crippen LogP contribution in [0.4, 0.5) is 5.69 Å². The van der Waals surface area contributed by atoms with Gasteiger partial charge in [0.25, 0.3) is 5.91 Å². The highest BCUT2D eigenvalue weighted by Gasteiger charge is 2.21. The van der Waals surface area contributed by atoms with Crippen LogP contribution < -0.4 is 20.8 Å². The first-order valence-corrected chi connectivity index (χ1v) is 12.0. The van der Waals surface area contributed by atoms with Crippen LogP contribution in [-0.4, -0.2) is 29.5 Å². The van der Waals surface area contributed by atoms with E-state index in [1.807, 2.05) is 6.07 Å². The predicted molar refractivity (Wildman–Crippen MR) is 141 cm³/mol. The number of halogens is 2. The van der Waals surface area contributed by atoms with Crippen molar-refractivity contribution in [3.05, 3.63) is 93.0 Å². The number of hydrogen-bond donors (Lipinski definition) is 3. The first-order chi connectivity index (χ1) is 16.8. The standard InChI is InChI=1S/C25H20Br2N4O4/c1-35-20-9-2-15(3-10-20)14-28-24(33)25(34)30-31-21-11-6-18(27)12-16(21)13-22(31)23(32)29-19-7-4-17(26)5-8-19/h2-13H,14H2,1H3,(H,28,33)(H,29,32)(H,30,34). The fourth-order valence-corrected chi connectivity index (χ4v) is 4.00. The van der Waals surface area contributed by atoms with E-state index < -0.39 is 17.7 Å². The number of ether oxygens (including phenoxy) is 1. The molecule has 0 spiro atoms. The summed E-state index contributed by atoms with van der Waals surface area (Å²) in [7, 11) is 1.57. The molecule has 0 saturated carbocycles. The van der Waals surface area contributed by atoms with Crippen LogP contribution in [0.5, 0.6) is 5.75 Å². The van der Waals surface area contributed by atoms with E-state index >= 15 is 0 Å². The van der Waals surface area contributed by atoms with Crippen LogP contribution in [0.15, 0.2) is 81.7 Å². The summed E-state index contributed by atoms with van der Waals surface area (Å²) < 4.78 is 8.11. The van der Waals surface area contributed by atoms with E-state index in [-0.39, 0.29) is 12.2 Å². The van der Waals surface area contributed by atoms with Gasteiger partial charge in [0.1, 0.15) is 11.4 Å². The molecule has 0 unspecified atom stereocenters. The second-order valence-electron chi connectivity index (χ2n) is 7.50. The third-order valence-electron chi connectivity index (χ3n) is 5.13. The van der Waals surface area contributed by atoms with Gasteiger partial charge in [0.15, 0.2) is 0 Å². The van der Waals surface area contributed by atoms with E-state index in [0.29, 0.717) is 22.3 Å².